The molecule has 152 valence electrons. The molecule has 3 rings (SSSR count). The average molecular weight is 416 g/mol. The average Bonchev–Trinajstić information content (AvgIpc) is 2.96. The summed E-state index contributed by atoms with van der Waals surface area (Å²) in [6.45, 7) is 0.156. The summed E-state index contributed by atoms with van der Waals surface area (Å²) in [5.41, 5.74) is 0.966. The molecule has 8 nitrogen and oxygen atoms in total. The summed E-state index contributed by atoms with van der Waals surface area (Å²) < 4.78 is 30.3. The van der Waals surface area contributed by atoms with E-state index in [1.54, 1.807) is 24.3 Å². The maximum Gasteiger partial charge on any atom is 0.338 e. The minimum Gasteiger partial charge on any atom is -0.462 e. The first-order chi connectivity index (χ1) is 13.7. The lowest BCUT2D eigenvalue weighted by atomic mass is 10.1. The maximum atomic E-state index is 12.3. The second-order valence-electron chi connectivity index (χ2n) is 6.61. The van der Waals surface area contributed by atoms with Crippen LogP contribution in [0.4, 0.5) is 0 Å². The summed E-state index contributed by atoms with van der Waals surface area (Å²) in [5.74, 6) is -1.31. The molecule has 0 aliphatic carbocycles. The van der Waals surface area contributed by atoms with Gasteiger partial charge in [0.05, 0.1) is 28.2 Å². The van der Waals surface area contributed by atoms with Gasteiger partial charge in [0, 0.05) is 20.6 Å². The highest BCUT2D eigenvalue weighted by Gasteiger charge is 2.34. The third-order valence-electron chi connectivity index (χ3n) is 4.51. The van der Waals surface area contributed by atoms with Crippen molar-refractivity contribution in [1.82, 2.24) is 9.21 Å². The predicted octanol–water partition coefficient (Wildman–Crippen LogP) is 1.78. The Bertz CT molecular complexity index is 1030. The number of benzene rings is 2. The lowest BCUT2D eigenvalue weighted by Gasteiger charge is -2.14. The number of imide groups is 1. The second kappa shape index (κ2) is 8.14. The Labute approximate surface area is 168 Å². The van der Waals surface area contributed by atoms with Crippen molar-refractivity contribution >= 4 is 27.8 Å². The second-order valence-corrected chi connectivity index (χ2v) is 8.76. The molecule has 1 aliphatic rings. The molecule has 0 fully saturated rings. The largest absolute Gasteiger partial charge is 0.462 e. The topological polar surface area (TPSA) is 101 Å². The Morgan fingerprint density at radius 3 is 2.03 bits per heavy atom. The molecular weight excluding hydrogens is 396 g/mol. The van der Waals surface area contributed by atoms with E-state index < -0.39 is 16.0 Å². The van der Waals surface area contributed by atoms with E-state index in [1.165, 1.54) is 38.4 Å². The van der Waals surface area contributed by atoms with E-state index in [9.17, 15) is 22.8 Å². The molecule has 0 radical (unpaired) electrons. The van der Waals surface area contributed by atoms with Gasteiger partial charge in [0.1, 0.15) is 0 Å². The van der Waals surface area contributed by atoms with Crippen LogP contribution in [0.25, 0.3) is 0 Å². The smallest absolute Gasteiger partial charge is 0.338 e. The van der Waals surface area contributed by atoms with Crippen LogP contribution in [0.5, 0.6) is 0 Å². The molecule has 0 atom stereocenters. The zero-order valence-electron chi connectivity index (χ0n) is 16.0. The van der Waals surface area contributed by atoms with E-state index >= 15 is 0 Å². The molecule has 0 bridgehead atoms. The first-order valence-corrected chi connectivity index (χ1v) is 10.3. The van der Waals surface area contributed by atoms with Crippen LogP contribution in [0.3, 0.4) is 0 Å². The van der Waals surface area contributed by atoms with Crippen molar-refractivity contribution in [1.29, 1.82) is 0 Å². The molecule has 2 aromatic rings. The predicted molar refractivity (Wildman–Crippen MR) is 104 cm³/mol. The lowest BCUT2D eigenvalue weighted by Crippen LogP contribution is -2.31. The Balaban J connectivity index is 1.52. The van der Waals surface area contributed by atoms with Gasteiger partial charge < -0.3 is 4.74 Å². The number of hydrogen-bond donors (Lipinski definition) is 0. The van der Waals surface area contributed by atoms with Crippen LogP contribution in [0.2, 0.25) is 0 Å². The van der Waals surface area contributed by atoms with Crippen LogP contribution in [0.15, 0.2) is 53.4 Å². The fourth-order valence-corrected chi connectivity index (χ4v) is 3.79. The van der Waals surface area contributed by atoms with Crippen molar-refractivity contribution in [3.8, 4) is 0 Å². The van der Waals surface area contributed by atoms with Crippen LogP contribution in [-0.4, -0.2) is 62.7 Å². The minimum absolute atomic E-state index is 0.0178. The van der Waals surface area contributed by atoms with E-state index in [2.05, 4.69) is 0 Å². The summed E-state index contributed by atoms with van der Waals surface area (Å²) in [6, 6.07) is 12.0. The van der Waals surface area contributed by atoms with Gasteiger partial charge in [-0.25, -0.2) is 17.5 Å². The van der Waals surface area contributed by atoms with Crippen molar-refractivity contribution in [3.05, 3.63) is 65.2 Å². The van der Waals surface area contributed by atoms with Gasteiger partial charge in [-0.2, -0.15) is 0 Å². The van der Waals surface area contributed by atoms with Crippen molar-refractivity contribution in [2.45, 2.75) is 11.3 Å². The SMILES string of the molecule is CN(C)S(=O)(=O)c1ccc(C(=O)OCCCN2C(=O)c3ccccc3C2=O)cc1. The first-order valence-electron chi connectivity index (χ1n) is 8.88. The van der Waals surface area contributed by atoms with Gasteiger partial charge in [0.15, 0.2) is 0 Å². The third kappa shape index (κ3) is 4.06. The van der Waals surface area contributed by atoms with E-state index in [4.69, 9.17) is 4.74 Å². The number of hydrogen-bond acceptors (Lipinski definition) is 6. The standard InChI is InChI=1S/C20H20N2O6S/c1-21(2)29(26,27)15-10-8-14(9-11-15)20(25)28-13-5-12-22-18(23)16-6-3-4-7-17(16)19(22)24/h3-4,6-11H,5,12-13H2,1-2H3. The highest BCUT2D eigenvalue weighted by atomic mass is 32.2. The number of sulfonamides is 1. The molecule has 2 aromatic carbocycles. The van der Waals surface area contributed by atoms with Crippen LogP contribution >= 0.6 is 0 Å². The Morgan fingerprint density at radius 1 is 0.966 bits per heavy atom. The number of fused-ring (bicyclic) bond motifs is 1. The number of ether oxygens (including phenoxy) is 1. The molecule has 9 heteroatoms. The molecule has 2 amide bonds. The van der Waals surface area contributed by atoms with Crippen LogP contribution in [-0.2, 0) is 14.8 Å². The number of amides is 2. The van der Waals surface area contributed by atoms with E-state index in [0.29, 0.717) is 17.5 Å². The Kier molecular flexibility index (Phi) is 5.81. The summed E-state index contributed by atoms with van der Waals surface area (Å²) in [7, 11) is -0.726. The van der Waals surface area contributed by atoms with E-state index in [-0.39, 0.29) is 35.4 Å². The zero-order valence-corrected chi connectivity index (χ0v) is 16.8. The summed E-state index contributed by atoms with van der Waals surface area (Å²) in [5, 5.41) is 0. The molecule has 0 saturated heterocycles. The minimum atomic E-state index is -3.57. The number of carbonyl (C=O) groups excluding carboxylic acids is 3. The van der Waals surface area contributed by atoms with Gasteiger partial charge in [0.25, 0.3) is 11.8 Å². The number of carbonyl (C=O) groups is 3. The molecule has 0 saturated carbocycles. The van der Waals surface area contributed by atoms with Gasteiger partial charge in [-0.05, 0) is 42.8 Å². The van der Waals surface area contributed by atoms with Crippen LogP contribution in [0, 0.1) is 0 Å². The normalized spacial score (nSPS) is 13.7. The summed E-state index contributed by atoms with van der Waals surface area (Å²) >= 11 is 0. The molecule has 1 aliphatic heterocycles. The molecule has 1 heterocycles. The van der Waals surface area contributed by atoms with E-state index in [1.807, 2.05) is 0 Å². The van der Waals surface area contributed by atoms with Gasteiger partial charge in [-0.15, -0.1) is 0 Å². The lowest BCUT2D eigenvalue weighted by molar-refractivity contribution is 0.0482. The monoisotopic (exact) mass is 416 g/mol. The number of esters is 1. The Hall–Kier alpha value is -3.04. The maximum absolute atomic E-state index is 12.3. The zero-order chi connectivity index (χ0) is 21.2. The van der Waals surface area contributed by atoms with E-state index in [0.717, 1.165) is 9.21 Å². The molecule has 0 aromatic heterocycles. The number of rotatable bonds is 7. The fraction of sp³-hybridized carbons (Fsp3) is 0.250. The molecule has 0 spiro atoms. The molecule has 29 heavy (non-hydrogen) atoms. The quantitative estimate of drug-likeness (QED) is 0.387. The van der Waals surface area contributed by atoms with Gasteiger partial charge in [-0.3, -0.25) is 14.5 Å². The molecular formula is C20H20N2O6S. The van der Waals surface area contributed by atoms with Crippen LogP contribution in [0.1, 0.15) is 37.5 Å². The van der Waals surface area contributed by atoms with Gasteiger partial charge in [-0.1, -0.05) is 12.1 Å². The first kappa shape index (κ1) is 20.7. The van der Waals surface area contributed by atoms with Gasteiger partial charge in [0.2, 0.25) is 10.0 Å². The van der Waals surface area contributed by atoms with Crippen molar-refractivity contribution < 1.29 is 27.5 Å². The summed E-state index contributed by atoms with van der Waals surface area (Å²) in [4.78, 5) is 37.8. The highest BCUT2D eigenvalue weighted by molar-refractivity contribution is 7.89. The Morgan fingerprint density at radius 2 is 1.52 bits per heavy atom. The molecule has 0 unspecified atom stereocenters. The van der Waals surface area contributed by atoms with Gasteiger partial charge >= 0.3 is 5.97 Å². The van der Waals surface area contributed by atoms with Crippen LogP contribution < -0.4 is 0 Å². The number of nitrogens with zero attached hydrogens (tertiary/aromatic N) is 2. The van der Waals surface area contributed by atoms with Crippen molar-refractivity contribution in [3.63, 3.8) is 0 Å². The fourth-order valence-electron chi connectivity index (χ4n) is 2.89. The van der Waals surface area contributed by atoms with Crippen molar-refractivity contribution in [2.24, 2.45) is 0 Å². The van der Waals surface area contributed by atoms with Crippen molar-refractivity contribution in [2.75, 3.05) is 27.2 Å². The summed E-state index contributed by atoms with van der Waals surface area (Å²) in [6.07, 6.45) is 0.296. The highest BCUT2D eigenvalue weighted by Crippen LogP contribution is 2.22. The third-order valence-corrected chi connectivity index (χ3v) is 6.34. The molecule has 0 N–H and O–H groups in total.